The van der Waals surface area contributed by atoms with Crippen LogP contribution in [0.4, 0.5) is 0 Å². The lowest BCUT2D eigenvalue weighted by molar-refractivity contribution is 0.257. The van der Waals surface area contributed by atoms with Gasteiger partial charge in [-0.1, -0.05) is 200 Å². The lowest BCUT2D eigenvalue weighted by atomic mass is 9.43. The molecule has 3 unspecified atom stereocenters. The summed E-state index contributed by atoms with van der Waals surface area (Å²) in [6.45, 7) is 0. The van der Waals surface area contributed by atoms with Gasteiger partial charge < -0.3 is 0 Å². The first-order chi connectivity index (χ1) is 27.8. The molecule has 1 heterocycles. The Labute approximate surface area is 329 Å². The summed E-state index contributed by atoms with van der Waals surface area (Å²) in [6, 6.07) is 62.3. The van der Waals surface area contributed by atoms with Crippen molar-refractivity contribution in [1.29, 1.82) is 0 Å². The van der Waals surface area contributed by atoms with Crippen molar-refractivity contribution < 1.29 is 0 Å². The maximum absolute atomic E-state index is 5.56. The minimum Gasteiger partial charge on any atom is -0.228 e. The average molecular weight is 717 g/mol. The number of benzene rings is 6. The Balaban J connectivity index is 1.28. The van der Waals surface area contributed by atoms with Gasteiger partial charge >= 0.3 is 0 Å². The molecule has 7 aromatic rings. The van der Waals surface area contributed by atoms with Crippen LogP contribution >= 0.6 is 0 Å². The fourth-order valence-electron chi connectivity index (χ4n) is 10.8. The van der Waals surface area contributed by atoms with E-state index in [1.807, 2.05) is 0 Å². The van der Waals surface area contributed by atoms with E-state index in [0.29, 0.717) is 0 Å². The molecule has 0 saturated carbocycles. The zero-order valence-electron chi connectivity index (χ0n) is 31.1. The lowest BCUT2D eigenvalue weighted by Crippen LogP contribution is -2.55. The van der Waals surface area contributed by atoms with Crippen molar-refractivity contribution in [2.45, 2.75) is 23.7 Å². The first-order valence-electron chi connectivity index (χ1n) is 19.9. The first-order valence-corrected chi connectivity index (χ1v) is 19.9. The quantitative estimate of drug-likeness (QED) is 0.177. The third-order valence-electron chi connectivity index (χ3n) is 12.8. The lowest BCUT2D eigenvalue weighted by Gasteiger charge is -2.58. The number of allylic oxidation sites excluding steroid dienone is 8. The molecule has 0 amide bonds. The van der Waals surface area contributed by atoms with E-state index in [-0.39, 0.29) is 11.8 Å². The van der Waals surface area contributed by atoms with Crippen LogP contribution in [0.5, 0.6) is 0 Å². The molecular formula is C54H40N2. The van der Waals surface area contributed by atoms with Crippen LogP contribution in [-0.2, 0) is 10.8 Å². The van der Waals surface area contributed by atoms with Crippen LogP contribution in [0.15, 0.2) is 212 Å². The van der Waals surface area contributed by atoms with Gasteiger partial charge in [-0.25, -0.2) is 9.97 Å². The minimum atomic E-state index is -0.549. The van der Waals surface area contributed by atoms with Crippen LogP contribution in [0.25, 0.3) is 39.2 Å². The Morgan fingerprint density at radius 2 is 1.02 bits per heavy atom. The Morgan fingerprint density at radius 1 is 0.500 bits per heavy atom. The Bertz CT molecular complexity index is 2650. The van der Waals surface area contributed by atoms with E-state index >= 15 is 0 Å². The van der Waals surface area contributed by atoms with E-state index in [2.05, 4.69) is 206 Å². The van der Waals surface area contributed by atoms with Gasteiger partial charge in [0, 0.05) is 28.5 Å². The highest BCUT2D eigenvalue weighted by atomic mass is 14.9. The summed E-state index contributed by atoms with van der Waals surface area (Å²) in [7, 11) is 0. The highest BCUT2D eigenvalue weighted by molar-refractivity contribution is 5.88. The second-order valence-electron chi connectivity index (χ2n) is 15.5. The van der Waals surface area contributed by atoms with Crippen molar-refractivity contribution in [3.05, 3.63) is 246 Å². The molecule has 1 aromatic heterocycles. The van der Waals surface area contributed by atoms with E-state index in [1.165, 1.54) is 44.5 Å². The van der Waals surface area contributed by atoms with Crippen LogP contribution in [-0.4, -0.2) is 9.97 Å². The Kier molecular flexibility index (Phi) is 7.60. The number of hydrogen-bond acceptors (Lipinski definition) is 2. The predicted octanol–water partition coefficient (Wildman–Crippen LogP) is 12.6. The zero-order chi connectivity index (χ0) is 37.1. The third kappa shape index (κ3) is 4.62. The van der Waals surface area contributed by atoms with Gasteiger partial charge in [0.25, 0.3) is 0 Å². The molecule has 2 heteroatoms. The maximum Gasteiger partial charge on any atom is 0.156 e. The van der Waals surface area contributed by atoms with Crippen LogP contribution < -0.4 is 0 Å². The zero-order valence-corrected chi connectivity index (χ0v) is 31.1. The molecule has 2 nitrogen and oxygen atoms in total. The predicted molar refractivity (Wildman–Crippen MR) is 229 cm³/mol. The number of fused-ring (bicyclic) bond motifs is 9. The molecule has 266 valence electrons. The molecule has 4 aliphatic carbocycles. The van der Waals surface area contributed by atoms with Gasteiger partial charge in [0.2, 0.25) is 0 Å². The fourth-order valence-corrected chi connectivity index (χ4v) is 10.8. The van der Waals surface area contributed by atoms with Crippen LogP contribution in [0.2, 0.25) is 0 Å². The van der Waals surface area contributed by atoms with Gasteiger partial charge in [-0.3, -0.25) is 0 Å². The van der Waals surface area contributed by atoms with E-state index in [9.17, 15) is 0 Å². The third-order valence-corrected chi connectivity index (χ3v) is 12.8. The van der Waals surface area contributed by atoms with E-state index in [0.717, 1.165) is 46.8 Å². The van der Waals surface area contributed by atoms with E-state index in [4.69, 9.17) is 9.97 Å². The Morgan fingerprint density at radius 3 is 1.59 bits per heavy atom. The van der Waals surface area contributed by atoms with Crippen molar-refractivity contribution in [3.8, 4) is 33.6 Å². The standard InChI is InChI=1S/C54H40N2/c1-5-20-37(21-6-1)49-36-50(38-22-7-2-8-23-38)56-52(55-49)43-30-19-35-48-51(43)53(39-24-9-3-10-25-39,40-26-11-4-12-27-40)46-33-17-18-34-47(46)54(48)44-31-15-13-28-41(44)42-29-14-16-32-45(42)54/h1-3,5-11,13-36,48,51H,4,12H2. The summed E-state index contributed by atoms with van der Waals surface area (Å²) >= 11 is 0. The molecule has 0 fully saturated rings. The van der Waals surface area contributed by atoms with Crippen molar-refractivity contribution in [1.82, 2.24) is 9.97 Å². The second-order valence-corrected chi connectivity index (χ2v) is 15.5. The molecule has 0 radical (unpaired) electrons. The molecule has 4 aliphatic rings. The summed E-state index contributed by atoms with van der Waals surface area (Å²) in [5.74, 6) is 0.717. The Hall–Kier alpha value is -6.64. The molecule has 0 bridgehead atoms. The number of hydrogen-bond donors (Lipinski definition) is 0. The molecule has 3 atom stereocenters. The molecule has 11 rings (SSSR count). The summed E-state index contributed by atoms with van der Waals surface area (Å²) < 4.78 is 0. The van der Waals surface area contributed by atoms with Crippen molar-refractivity contribution in [2.24, 2.45) is 11.8 Å². The molecule has 0 N–H and O–H groups in total. The van der Waals surface area contributed by atoms with Gasteiger partial charge in [-0.05, 0) is 63.4 Å². The van der Waals surface area contributed by atoms with Gasteiger partial charge in [0.15, 0.2) is 5.82 Å². The average Bonchev–Trinajstić information content (AvgIpc) is 3.58. The van der Waals surface area contributed by atoms with Crippen molar-refractivity contribution in [2.75, 3.05) is 0 Å². The van der Waals surface area contributed by atoms with Crippen LogP contribution in [0, 0.1) is 11.8 Å². The van der Waals surface area contributed by atoms with E-state index in [1.54, 1.807) is 0 Å². The van der Waals surface area contributed by atoms with E-state index < -0.39 is 10.8 Å². The van der Waals surface area contributed by atoms with Crippen LogP contribution in [0.3, 0.4) is 0 Å². The van der Waals surface area contributed by atoms with Gasteiger partial charge in [-0.15, -0.1) is 0 Å². The summed E-state index contributed by atoms with van der Waals surface area (Å²) in [5, 5.41) is 0. The number of aromatic nitrogens is 2. The van der Waals surface area contributed by atoms with Crippen molar-refractivity contribution >= 4 is 5.57 Å². The summed E-state index contributed by atoms with van der Waals surface area (Å²) in [4.78, 5) is 11.1. The number of nitrogens with zero attached hydrogens (tertiary/aromatic N) is 2. The molecule has 1 spiro atoms. The summed E-state index contributed by atoms with van der Waals surface area (Å²) in [5.41, 5.74) is 14.9. The molecule has 6 aromatic carbocycles. The molecule has 0 saturated heterocycles. The van der Waals surface area contributed by atoms with Gasteiger partial charge in [0.1, 0.15) is 0 Å². The first kappa shape index (κ1) is 32.8. The van der Waals surface area contributed by atoms with Crippen LogP contribution in [0.1, 0.15) is 46.5 Å². The monoisotopic (exact) mass is 716 g/mol. The second kappa shape index (κ2) is 13.0. The van der Waals surface area contributed by atoms with Crippen molar-refractivity contribution in [3.63, 3.8) is 0 Å². The SMILES string of the molecule is C1=CC2C(C(c3nc(-c4ccccc4)cc(-c4ccccc4)n3)=C1)C(C1=CCCC=C1)(c1ccccc1)c1ccccc1C21c2ccccc2-c2ccccc21. The molecule has 0 aliphatic heterocycles. The van der Waals surface area contributed by atoms with Gasteiger partial charge in [-0.2, -0.15) is 0 Å². The minimum absolute atomic E-state index is 0.0165. The summed E-state index contributed by atoms with van der Waals surface area (Å²) in [6.07, 6.45) is 16.5. The highest BCUT2D eigenvalue weighted by Gasteiger charge is 2.64. The topological polar surface area (TPSA) is 25.8 Å². The maximum atomic E-state index is 5.56. The highest BCUT2D eigenvalue weighted by Crippen LogP contribution is 2.69. The molecule has 56 heavy (non-hydrogen) atoms. The fraction of sp³-hybridized carbons (Fsp3) is 0.111. The smallest absolute Gasteiger partial charge is 0.156 e. The largest absolute Gasteiger partial charge is 0.228 e. The normalized spacial score (nSPS) is 21.0. The number of rotatable bonds is 5. The molecular weight excluding hydrogens is 677 g/mol. The van der Waals surface area contributed by atoms with Gasteiger partial charge in [0.05, 0.1) is 22.2 Å².